The van der Waals surface area contributed by atoms with E-state index in [1.54, 1.807) is 11.8 Å². The Kier molecular flexibility index (Phi) is 7.39. The average Bonchev–Trinajstić information content (AvgIpc) is 2.54. The molecule has 1 amide bonds. The first-order valence-electron chi connectivity index (χ1n) is 7.79. The van der Waals surface area contributed by atoms with Gasteiger partial charge in [-0.1, -0.05) is 6.92 Å². The van der Waals surface area contributed by atoms with Crippen molar-refractivity contribution in [1.29, 1.82) is 0 Å². The minimum Gasteiger partial charge on any atom is -0.486 e. The molecule has 1 aliphatic rings. The molecule has 0 spiro atoms. The van der Waals surface area contributed by atoms with Crippen LogP contribution in [0.15, 0.2) is 23.1 Å². The number of hydrogen-bond donors (Lipinski definition) is 2. The van der Waals surface area contributed by atoms with Crippen LogP contribution in [-0.4, -0.2) is 44.5 Å². The fourth-order valence-corrected chi connectivity index (χ4v) is 2.93. The number of amides is 1. The number of rotatable bonds is 9. The number of benzene rings is 1. The first kappa shape index (κ1) is 17.0. The van der Waals surface area contributed by atoms with Crippen molar-refractivity contribution in [3.05, 3.63) is 18.2 Å². The predicted molar refractivity (Wildman–Crippen MR) is 88.9 cm³/mol. The van der Waals surface area contributed by atoms with Gasteiger partial charge in [0.05, 0.1) is 0 Å². The molecule has 6 heteroatoms. The maximum atomic E-state index is 11.7. The van der Waals surface area contributed by atoms with E-state index in [9.17, 15) is 4.79 Å². The third-order valence-corrected chi connectivity index (χ3v) is 4.16. The second-order valence-electron chi connectivity index (χ2n) is 5.00. The second-order valence-corrected chi connectivity index (χ2v) is 6.17. The van der Waals surface area contributed by atoms with Crippen LogP contribution < -0.4 is 20.1 Å². The molecule has 122 valence electrons. The summed E-state index contributed by atoms with van der Waals surface area (Å²) in [6, 6.07) is 5.91. The first-order chi connectivity index (χ1) is 10.8. The molecule has 0 saturated heterocycles. The van der Waals surface area contributed by atoms with Crippen molar-refractivity contribution >= 4 is 17.7 Å². The fraction of sp³-hybridized carbons (Fsp3) is 0.562. The molecular formula is C16H24N2O3S. The Morgan fingerprint density at radius 3 is 2.82 bits per heavy atom. The molecule has 0 aliphatic carbocycles. The van der Waals surface area contributed by atoms with Crippen molar-refractivity contribution in [2.45, 2.75) is 24.7 Å². The van der Waals surface area contributed by atoms with E-state index in [-0.39, 0.29) is 5.91 Å². The maximum Gasteiger partial charge on any atom is 0.220 e. The first-order valence-corrected chi connectivity index (χ1v) is 8.78. The summed E-state index contributed by atoms with van der Waals surface area (Å²) < 4.78 is 11.0. The van der Waals surface area contributed by atoms with Gasteiger partial charge in [-0.3, -0.25) is 4.79 Å². The third kappa shape index (κ3) is 5.77. The van der Waals surface area contributed by atoms with Gasteiger partial charge >= 0.3 is 0 Å². The van der Waals surface area contributed by atoms with Gasteiger partial charge in [0.1, 0.15) is 13.2 Å². The Morgan fingerprint density at radius 1 is 1.18 bits per heavy atom. The van der Waals surface area contributed by atoms with Gasteiger partial charge in [0.25, 0.3) is 0 Å². The highest BCUT2D eigenvalue weighted by atomic mass is 32.2. The van der Waals surface area contributed by atoms with Crippen LogP contribution >= 0.6 is 11.8 Å². The summed E-state index contributed by atoms with van der Waals surface area (Å²) in [6.07, 6.45) is 1.63. The van der Waals surface area contributed by atoms with Crippen LogP contribution in [0.25, 0.3) is 0 Å². The number of hydrogen-bond acceptors (Lipinski definition) is 5. The van der Waals surface area contributed by atoms with Gasteiger partial charge < -0.3 is 20.1 Å². The predicted octanol–water partition coefficient (Wildman–Crippen LogP) is 2.06. The molecule has 0 radical (unpaired) electrons. The van der Waals surface area contributed by atoms with Crippen LogP contribution in [0.5, 0.6) is 11.5 Å². The van der Waals surface area contributed by atoms with Gasteiger partial charge in [-0.25, -0.2) is 0 Å². The lowest BCUT2D eigenvalue weighted by molar-refractivity contribution is -0.120. The van der Waals surface area contributed by atoms with Gasteiger partial charge in [0.2, 0.25) is 5.91 Å². The van der Waals surface area contributed by atoms with Gasteiger partial charge in [-0.05, 0) is 31.2 Å². The lowest BCUT2D eigenvalue weighted by atomic mass is 10.3. The molecule has 0 fully saturated rings. The van der Waals surface area contributed by atoms with E-state index in [0.29, 0.717) is 26.2 Å². The quantitative estimate of drug-likeness (QED) is 0.538. The topological polar surface area (TPSA) is 59.6 Å². The number of carbonyl (C=O) groups excluding carboxylic acids is 1. The summed E-state index contributed by atoms with van der Waals surface area (Å²) in [5.41, 5.74) is 0. The number of nitrogens with one attached hydrogen (secondary N) is 2. The number of thioether (sulfide) groups is 1. The molecule has 1 aromatic carbocycles. The lowest BCUT2D eigenvalue weighted by Gasteiger charge is -2.18. The number of carbonyl (C=O) groups is 1. The summed E-state index contributed by atoms with van der Waals surface area (Å²) in [6.45, 7) is 5.83. The Morgan fingerprint density at radius 2 is 2.00 bits per heavy atom. The highest BCUT2D eigenvalue weighted by Crippen LogP contribution is 2.34. The van der Waals surface area contributed by atoms with E-state index >= 15 is 0 Å². The monoisotopic (exact) mass is 324 g/mol. The standard InChI is InChI=1S/C16H24N2O3S/c1-2-6-17-7-8-18-16(19)5-11-22-13-3-4-14-15(12-13)21-10-9-20-14/h3-4,12,17H,2,5-11H2,1H3,(H,18,19). The Balaban J connectivity index is 1.62. The number of fused-ring (bicyclic) bond motifs is 1. The minimum atomic E-state index is 0.100. The van der Waals surface area contributed by atoms with Crippen molar-refractivity contribution < 1.29 is 14.3 Å². The molecule has 0 unspecified atom stereocenters. The van der Waals surface area contributed by atoms with Gasteiger partial charge in [-0.15, -0.1) is 11.8 Å². The van der Waals surface area contributed by atoms with Gasteiger partial charge in [0.15, 0.2) is 11.5 Å². The molecule has 0 atom stereocenters. The molecular weight excluding hydrogens is 300 g/mol. The minimum absolute atomic E-state index is 0.100. The highest BCUT2D eigenvalue weighted by molar-refractivity contribution is 7.99. The molecule has 1 aliphatic heterocycles. The van der Waals surface area contributed by atoms with E-state index in [1.807, 2.05) is 18.2 Å². The molecule has 2 rings (SSSR count). The molecule has 22 heavy (non-hydrogen) atoms. The summed E-state index contributed by atoms with van der Waals surface area (Å²) in [5, 5.41) is 6.17. The van der Waals surface area contributed by atoms with Gasteiger partial charge in [-0.2, -0.15) is 0 Å². The molecule has 2 N–H and O–H groups in total. The SMILES string of the molecule is CCCNCCNC(=O)CCSc1ccc2c(c1)OCCO2. The summed E-state index contributed by atoms with van der Waals surface area (Å²) >= 11 is 1.66. The van der Waals surface area contributed by atoms with Crippen molar-refractivity contribution in [2.24, 2.45) is 0 Å². The second kappa shape index (κ2) is 9.58. The largest absolute Gasteiger partial charge is 0.486 e. The van der Waals surface area contributed by atoms with Crippen molar-refractivity contribution in [3.63, 3.8) is 0 Å². The zero-order valence-electron chi connectivity index (χ0n) is 13.0. The average molecular weight is 324 g/mol. The maximum absolute atomic E-state index is 11.7. The molecule has 1 heterocycles. The van der Waals surface area contributed by atoms with Crippen LogP contribution in [0.3, 0.4) is 0 Å². The van der Waals surface area contributed by atoms with E-state index in [0.717, 1.165) is 41.7 Å². The highest BCUT2D eigenvalue weighted by Gasteiger charge is 2.12. The van der Waals surface area contributed by atoms with E-state index in [2.05, 4.69) is 17.6 Å². The Bertz CT molecular complexity index is 482. The fourth-order valence-electron chi connectivity index (χ4n) is 2.06. The van der Waals surface area contributed by atoms with Crippen molar-refractivity contribution in [3.8, 4) is 11.5 Å². The zero-order chi connectivity index (χ0) is 15.6. The molecule has 0 saturated carbocycles. The van der Waals surface area contributed by atoms with Crippen LogP contribution in [0.4, 0.5) is 0 Å². The molecule has 1 aromatic rings. The smallest absolute Gasteiger partial charge is 0.220 e. The summed E-state index contributed by atoms with van der Waals surface area (Å²) in [5.74, 6) is 2.45. The van der Waals surface area contributed by atoms with E-state index < -0.39 is 0 Å². The number of ether oxygens (including phenoxy) is 2. The summed E-state index contributed by atoms with van der Waals surface area (Å²) in [4.78, 5) is 12.8. The molecule has 0 aromatic heterocycles. The van der Waals surface area contributed by atoms with Crippen LogP contribution in [-0.2, 0) is 4.79 Å². The zero-order valence-corrected chi connectivity index (χ0v) is 13.8. The van der Waals surface area contributed by atoms with Crippen molar-refractivity contribution in [1.82, 2.24) is 10.6 Å². The third-order valence-electron chi connectivity index (χ3n) is 3.16. The van der Waals surface area contributed by atoms with Gasteiger partial charge in [0, 0.05) is 30.2 Å². The summed E-state index contributed by atoms with van der Waals surface area (Å²) in [7, 11) is 0. The lowest BCUT2D eigenvalue weighted by Crippen LogP contribution is -2.32. The van der Waals surface area contributed by atoms with E-state index in [4.69, 9.17) is 9.47 Å². The molecule has 0 bridgehead atoms. The van der Waals surface area contributed by atoms with Crippen LogP contribution in [0, 0.1) is 0 Å². The molecule has 5 nitrogen and oxygen atoms in total. The Labute approximate surface area is 136 Å². The Hall–Kier alpha value is -1.40. The van der Waals surface area contributed by atoms with Crippen LogP contribution in [0.2, 0.25) is 0 Å². The van der Waals surface area contributed by atoms with Crippen LogP contribution in [0.1, 0.15) is 19.8 Å². The van der Waals surface area contributed by atoms with Crippen molar-refractivity contribution in [2.75, 3.05) is 38.6 Å². The van der Waals surface area contributed by atoms with E-state index in [1.165, 1.54) is 0 Å². The normalized spacial score (nSPS) is 13.0.